The summed E-state index contributed by atoms with van der Waals surface area (Å²) in [6.07, 6.45) is -0.282. The molecule has 1 saturated heterocycles. The Morgan fingerprint density at radius 1 is 0.935 bits per heavy atom. The molecule has 4 heteroatoms. The highest BCUT2D eigenvalue weighted by atomic mass is 16.6. The average molecular weight is 409 g/mol. The topological polar surface area (TPSA) is 59.3 Å². The summed E-state index contributed by atoms with van der Waals surface area (Å²) in [5.41, 5.74) is 0.917. The van der Waals surface area contributed by atoms with E-state index in [1.807, 2.05) is 78.9 Å². The number of nitriles is 1. The van der Waals surface area contributed by atoms with Crippen LogP contribution in [0.5, 0.6) is 0 Å². The smallest absolute Gasteiger partial charge is 0.302 e. The molecule has 4 nitrogen and oxygen atoms in total. The molecule has 0 N–H and O–H groups in total. The molecule has 4 atom stereocenters. The monoisotopic (exact) mass is 409 g/mol. The summed E-state index contributed by atoms with van der Waals surface area (Å²) in [5.74, 6) is -0.407. The Balaban J connectivity index is 1.87. The number of benzene rings is 3. The molecule has 0 spiro atoms. The van der Waals surface area contributed by atoms with Crippen LogP contribution in [-0.2, 0) is 25.5 Å². The van der Waals surface area contributed by atoms with Crippen LogP contribution >= 0.6 is 0 Å². The number of ether oxygens (including phenoxy) is 2. The van der Waals surface area contributed by atoms with Gasteiger partial charge in [0.2, 0.25) is 0 Å². The molecule has 0 radical (unpaired) electrons. The van der Waals surface area contributed by atoms with Crippen LogP contribution < -0.4 is 0 Å². The Morgan fingerprint density at radius 2 is 1.48 bits per heavy atom. The number of hydrogen-bond donors (Lipinski definition) is 0. The van der Waals surface area contributed by atoms with Crippen molar-refractivity contribution in [3.8, 4) is 6.07 Å². The van der Waals surface area contributed by atoms with Crippen molar-refractivity contribution in [1.82, 2.24) is 0 Å². The van der Waals surface area contributed by atoms with Crippen LogP contribution in [0.1, 0.15) is 42.5 Å². The number of hydrogen-bond acceptors (Lipinski definition) is 4. The highest BCUT2D eigenvalue weighted by Gasteiger charge is 2.75. The predicted octanol–water partition coefficient (Wildman–Crippen LogP) is 5.07. The van der Waals surface area contributed by atoms with E-state index < -0.39 is 28.7 Å². The highest BCUT2D eigenvalue weighted by molar-refractivity contribution is 5.67. The first-order chi connectivity index (χ1) is 15.0. The Labute approximate surface area is 182 Å². The van der Waals surface area contributed by atoms with Crippen molar-refractivity contribution >= 4 is 5.97 Å². The molecular weight excluding hydrogens is 386 g/mol. The van der Waals surface area contributed by atoms with Gasteiger partial charge in [0, 0.05) is 13.3 Å². The standard InChI is InChI=1S/C27H23NO3/c1-19(30-20(2)29)25(18-28)17-26(21-11-5-3-6-12-21)23-15-9-10-16-24(23)27(25,31-26)22-13-7-4-8-14-22/h3-16,19H,17H2,1-2H3. The third-order valence-electron chi connectivity index (χ3n) is 6.88. The Bertz CT molecular complexity index is 1190. The molecule has 0 amide bonds. The zero-order valence-corrected chi connectivity index (χ0v) is 17.5. The number of carbonyl (C=O) groups excluding carboxylic acids is 1. The molecule has 3 aromatic carbocycles. The number of carbonyl (C=O) groups is 1. The van der Waals surface area contributed by atoms with Crippen LogP contribution in [0, 0.1) is 16.7 Å². The first-order valence-corrected chi connectivity index (χ1v) is 10.5. The van der Waals surface area contributed by atoms with Crippen molar-refractivity contribution in [1.29, 1.82) is 5.26 Å². The van der Waals surface area contributed by atoms with E-state index in [1.165, 1.54) is 6.92 Å². The summed E-state index contributed by atoms with van der Waals surface area (Å²) in [7, 11) is 0. The second-order valence-electron chi connectivity index (χ2n) is 8.40. The fourth-order valence-corrected chi connectivity index (χ4v) is 5.65. The molecule has 0 saturated carbocycles. The second kappa shape index (κ2) is 6.80. The summed E-state index contributed by atoms with van der Waals surface area (Å²) < 4.78 is 12.8. The van der Waals surface area contributed by atoms with Crippen molar-refractivity contribution in [2.45, 2.75) is 37.6 Å². The van der Waals surface area contributed by atoms with E-state index >= 15 is 0 Å². The minimum absolute atomic E-state index is 0.390. The lowest BCUT2D eigenvalue weighted by atomic mass is 9.56. The molecule has 2 heterocycles. The van der Waals surface area contributed by atoms with Gasteiger partial charge in [-0.2, -0.15) is 5.26 Å². The first kappa shape index (κ1) is 19.5. The maximum atomic E-state index is 11.9. The molecule has 0 aromatic heterocycles. The third kappa shape index (κ3) is 2.41. The van der Waals surface area contributed by atoms with Gasteiger partial charge in [0.05, 0.1) is 6.07 Å². The molecule has 31 heavy (non-hydrogen) atoms. The van der Waals surface area contributed by atoms with Gasteiger partial charge >= 0.3 is 5.97 Å². The zero-order valence-electron chi connectivity index (χ0n) is 17.5. The largest absolute Gasteiger partial charge is 0.461 e. The third-order valence-corrected chi connectivity index (χ3v) is 6.88. The lowest BCUT2D eigenvalue weighted by Crippen LogP contribution is -2.51. The van der Waals surface area contributed by atoms with Crippen LogP contribution in [0.25, 0.3) is 0 Å². The normalized spacial score (nSPS) is 29.1. The number of fused-ring (bicyclic) bond motifs is 5. The minimum Gasteiger partial charge on any atom is -0.461 e. The van der Waals surface area contributed by atoms with Crippen molar-refractivity contribution in [3.05, 3.63) is 107 Å². The van der Waals surface area contributed by atoms with Gasteiger partial charge in [-0.3, -0.25) is 4.79 Å². The van der Waals surface area contributed by atoms with Gasteiger partial charge < -0.3 is 9.47 Å². The van der Waals surface area contributed by atoms with Crippen molar-refractivity contribution in [2.24, 2.45) is 5.41 Å². The quantitative estimate of drug-likeness (QED) is 0.565. The van der Waals surface area contributed by atoms with Gasteiger partial charge in [-0.25, -0.2) is 0 Å². The molecule has 5 rings (SSSR count). The minimum atomic E-state index is -1.11. The summed E-state index contributed by atoms with van der Waals surface area (Å²) in [6.45, 7) is 3.19. The number of rotatable bonds is 4. The predicted molar refractivity (Wildman–Crippen MR) is 116 cm³/mol. The van der Waals surface area contributed by atoms with Gasteiger partial charge in [0.15, 0.2) is 0 Å². The Morgan fingerprint density at radius 3 is 2.06 bits per heavy atom. The van der Waals surface area contributed by atoms with Crippen molar-refractivity contribution < 1.29 is 14.3 Å². The lowest BCUT2D eigenvalue weighted by Gasteiger charge is -2.44. The lowest BCUT2D eigenvalue weighted by molar-refractivity contribution is -0.156. The van der Waals surface area contributed by atoms with Crippen LogP contribution in [0.15, 0.2) is 84.9 Å². The van der Waals surface area contributed by atoms with Crippen LogP contribution in [0.4, 0.5) is 0 Å². The second-order valence-corrected chi connectivity index (χ2v) is 8.40. The van der Waals surface area contributed by atoms with E-state index in [9.17, 15) is 10.1 Å². The van der Waals surface area contributed by atoms with Gasteiger partial charge in [-0.05, 0) is 29.2 Å². The molecule has 3 aromatic rings. The number of esters is 1. The molecule has 2 bridgehead atoms. The van der Waals surface area contributed by atoms with E-state index in [2.05, 4.69) is 12.1 Å². The molecule has 154 valence electrons. The summed E-state index contributed by atoms with van der Waals surface area (Å²) in [6, 6.07) is 30.6. The SMILES string of the molecule is CC(=O)OC(C)C1(C#N)CC2(c3ccccc3)OC1(c1ccccc1)c1ccccc12. The summed E-state index contributed by atoms with van der Waals surface area (Å²) in [5, 5.41) is 10.7. The van der Waals surface area contributed by atoms with Gasteiger partial charge in [0.25, 0.3) is 0 Å². The molecular formula is C27H23NO3. The van der Waals surface area contributed by atoms with E-state index in [4.69, 9.17) is 9.47 Å². The maximum Gasteiger partial charge on any atom is 0.302 e. The number of nitrogens with zero attached hydrogens (tertiary/aromatic N) is 1. The maximum absolute atomic E-state index is 11.9. The van der Waals surface area contributed by atoms with Crippen LogP contribution in [0.2, 0.25) is 0 Å². The first-order valence-electron chi connectivity index (χ1n) is 10.5. The van der Waals surface area contributed by atoms with Crippen molar-refractivity contribution in [3.63, 3.8) is 0 Å². The van der Waals surface area contributed by atoms with Gasteiger partial charge in [-0.1, -0.05) is 84.9 Å². The molecule has 0 aliphatic carbocycles. The molecule has 4 unspecified atom stereocenters. The fourth-order valence-electron chi connectivity index (χ4n) is 5.65. The van der Waals surface area contributed by atoms with E-state index in [0.29, 0.717) is 6.42 Å². The summed E-state index contributed by atoms with van der Waals surface area (Å²) in [4.78, 5) is 11.9. The summed E-state index contributed by atoms with van der Waals surface area (Å²) >= 11 is 0. The molecule has 2 aliphatic rings. The van der Waals surface area contributed by atoms with Gasteiger partial charge in [0.1, 0.15) is 22.7 Å². The highest BCUT2D eigenvalue weighted by Crippen LogP contribution is 2.71. The molecule has 1 fully saturated rings. The van der Waals surface area contributed by atoms with E-state index in [1.54, 1.807) is 6.92 Å². The van der Waals surface area contributed by atoms with Crippen molar-refractivity contribution in [2.75, 3.05) is 0 Å². The Hall–Kier alpha value is -3.42. The van der Waals surface area contributed by atoms with E-state index in [0.717, 1.165) is 22.3 Å². The van der Waals surface area contributed by atoms with E-state index in [-0.39, 0.29) is 0 Å². The van der Waals surface area contributed by atoms with Crippen LogP contribution in [0.3, 0.4) is 0 Å². The fraction of sp³-hybridized carbons (Fsp3) is 0.259. The van der Waals surface area contributed by atoms with Crippen LogP contribution in [-0.4, -0.2) is 12.1 Å². The van der Waals surface area contributed by atoms with Gasteiger partial charge in [-0.15, -0.1) is 0 Å². The average Bonchev–Trinajstić information content (AvgIpc) is 3.30. The molecule has 2 aliphatic heterocycles. The zero-order chi connectivity index (χ0) is 21.7. The Kier molecular flexibility index (Phi) is 4.28.